The van der Waals surface area contributed by atoms with Crippen LogP contribution in [0.15, 0.2) is 4.52 Å². The predicted octanol–water partition coefficient (Wildman–Crippen LogP) is 1.25. The smallest absolute Gasteiger partial charge is 0.228 e. The van der Waals surface area contributed by atoms with Crippen LogP contribution < -0.4 is 5.32 Å². The first-order valence-electron chi connectivity index (χ1n) is 5.73. The highest BCUT2D eigenvalue weighted by Gasteiger charge is 2.26. The van der Waals surface area contributed by atoms with Gasteiger partial charge >= 0.3 is 0 Å². The van der Waals surface area contributed by atoms with Crippen LogP contribution in [-0.2, 0) is 16.8 Å². The van der Waals surface area contributed by atoms with Crippen LogP contribution in [0, 0.1) is 0 Å². The van der Waals surface area contributed by atoms with Crippen LogP contribution in [0.4, 0.5) is 0 Å². The quantitative estimate of drug-likeness (QED) is 0.789. The van der Waals surface area contributed by atoms with Crippen molar-refractivity contribution in [2.45, 2.75) is 44.8 Å². The SMILES string of the molecule is COC(C)(C)c1noc(CCNC2CC2)n1. The summed E-state index contributed by atoms with van der Waals surface area (Å²) in [6.07, 6.45) is 3.38. The van der Waals surface area contributed by atoms with Gasteiger partial charge in [0.05, 0.1) is 0 Å². The number of nitrogens with one attached hydrogen (secondary N) is 1. The van der Waals surface area contributed by atoms with Gasteiger partial charge in [0.15, 0.2) is 0 Å². The fraction of sp³-hybridized carbons (Fsp3) is 0.818. The first kappa shape index (κ1) is 11.5. The van der Waals surface area contributed by atoms with E-state index in [0.29, 0.717) is 11.7 Å². The maximum atomic E-state index is 5.29. The Balaban J connectivity index is 1.85. The summed E-state index contributed by atoms with van der Waals surface area (Å²) in [5.74, 6) is 1.28. The topological polar surface area (TPSA) is 60.2 Å². The lowest BCUT2D eigenvalue weighted by Crippen LogP contribution is -2.22. The molecule has 1 aliphatic rings. The molecule has 0 spiro atoms. The van der Waals surface area contributed by atoms with Gasteiger partial charge in [-0.05, 0) is 26.7 Å². The van der Waals surface area contributed by atoms with Crippen molar-refractivity contribution >= 4 is 0 Å². The number of hydrogen-bond donors (Lipinski definition) is 1. The molecule has 1 saturated carbocycles. The average molecular weight is 225 g/mol. The molecule has 5 nitrogen and oxygen atoms in total. The molecule has 2 rings (SSSR count). The van der Waals surface area contributed by atoms with Crippen LogP contribution in [0.3, 0.4) is 0 Å². The van der Waals surface area contributed by atoms with Gasteiger partial charge in [-0.3, -0.25) is 0 Å². The monoisotopic (exact) mass is 225 g/mol. The Morgan fingerprint density at radius 3 is 2.88 bits per heavy atom. The molecule has 16 heavy (non-hydrogen) atoms. The maximum Gasteiger partial charge on any atom is 0.228 e. The normalized spacial score (nSPS) is 16.7. The summed E-state index contributed by atoms with van der Waals surface area (Å²) in [6, 6.07) is 0.720. The number of nitrogens with zero attached hydrogens (tertiary/aromatic N) is 2. The lowest BCUT2D eigenvalue weighted by Gasteiger charge is -2.17. The van der Waals surface area contributed by atoms with E-state index < -0.39 is 5.60 Å². The van der Waals surface area contributed by atoms with Crippen LogP contribution in [0.2, 0.25) is 0 Å². The van der Waals surface area contributed by atoms with Crippen LogP contribution in [-0.4, -0.2) is 29.8 Å². The lowest BCUT2D eigenvalue weighted by molar-refractivity contribution is 0.00973. The zero-order valence-electron chi connectivity index (χ0n) is 10.1. The van der Waals surface area contributed by atoms with Crippen molar-refractivity contribution in [1.29, 1.82) is 0 Å². The summed E-state index contributed by atoms with van der Waals surface area (Å²) in [5.41, 5.74) is -0.480. The Hall–Kier alpha value is -0.940. The van der Waals surface area contributed by atoms with E-state index in [-0.39, 0.29) is 0 Å². The minimum atomic E-state index is -0.480. The minimum Gasteiger partial charge on any atom is -0.371 e. The second-order valence-corrected chi connectivity index (χ2v) is 4.70. The summed E-state index contributed by atoms with van der Waals surface area (Å²) < 4.78 is 10.5. The van der Waals surface area contributed by atoms with E-state index >= 15 is 0 Å². The second-order valence-electron chi connectivity index (χ2n) is 4.70. The Bertz CT molecular complexity index is 345. The fourth-order valence-electron chi connectivity index (χ4n) is 1.36. The van der Waals surface area contributed by atoms with Gasteiger partial charge in [-0.1, -0.05) is 5.16 Å². The Morgan fingerprint density at radius 1 is 1.50 bits per heavy atom. The van der Waals surface area contributed by atoms with Gasteiger partial charge in [-0.25, -0.2) is 0 Å². The Labute approximate surface area is 95.6 Å². The first-order valence-corrected chi connectivity index (χ1v) is 5.73. The summed E-state index contributed by atoms with van der Waals surface area (Å²) in [5, 5.41) is 7.34. The molecule has 1 heterocycles. The van der Waals surface area contributed by atoms with Gasteiger partial charge < -0.3 is 14.6 Å². The molecule has 1 aliphatic carbocycles. The van der Waals surface area contributed by atoms with Gasteiger partial charge in [0.1, 0.15) is 5.60 Å². The third kappa shape index (κ3) is 2.80. The molecule has 0 aromatic carbocycles. The third-order valence-corrected chi connectivity index (χ3v) is 2.87. The van der Waals surface area contributed by atoms with Gasteiger partial charge in [0.25, 0.3) is 0 Å². The first-order chi connectivity index (χ1) is 7.62. The zero-order valence-corrected chi connectivity index (χ0v) is 10.1. The molecule has 90 valence electrons. The van der Waals surface area contributed by atoms with Crippen molar-refractivity contribution in [3.8, 4) is 0 Å². The van der Waals surface area contributed by atoms with E-state index in [4.69, 9.17) is 9.26 Å². The van der Waals surface area contributed by atoms with Crippen molar-refractivity contribution in [2.75, 3.05) is 13.7 Å². The third-order valence-electron chi connectivity index (χ3n) is 2.87. The number of hydrogen-bond acceptors (Lipinski definition) is 5. The van der Waals surface area contributed by atoms with Crippen LogP contribution in [0.5, 0.6) is 0 Å². The number of methoxy groups -OCH3 is 1. The highest BCUT2D eigenvalue weighted by Crippen LogP contribution is 2.21. The number of aromatic nitrogens is 2. The van der Waals surface area contributed by atoms with Crippen molar-refractivity contribution in [2.24, 2.45) is 0 Å². The molecule has 0 aliphatic heterocycles. The van der Waals surface area contributed by atoms with E-state index in [0.717, 1.165) is 19.0 Å². The summed E-state index contributed by atoms with van der Waals surface area (Å²) in [4.78, 5) is 4.33. The van der Waals surface area contributed by atoms with Gasteiger partial charge in [-0.15, -0.1) is 0 Å². The molecule has 0 atom stereocenters. The highest BCUT2D eigenvalue weighted by atomic mass is 16.5. The number of ether oxygens (including phenoxy) is 1. The highest BCUT2D eigenvalue weighted by molar-refractivity contribution is 4.97. The molecule has 0 unspecified atom stereocenters. The molecular formula is C11H19N3O2. The van der Waals surface area contributed by atoms with E-state index in [1.807, 2.05) is 13.8 Å². The van der Waals surface area contributed by atoms with Crippen LogP contribution in [0.1, 0.15) is 38.4 Å². The van der Waals surface area contributed by atoms with Gasteiger partial charge in [-0.2, -0.15) is 4.98 Å². The lowest BCUT2D eigenvalue weighted by atomic mass is 10.1. The molecule has 5 heteroatoms. The van der Waals surface area contributed by atoms with Crippen molar-refractivity contribution in [3.63, 3.8) is 0 Å². The molecule has 0 saturated heterocycles. The number of rotatable bonds is 6. The molecule has 1 aromatic rings. The standard InChI is InChI=1S/C11H19N3O2/c1-11(2,15-3)10-13-9(16-14-10)6-7-12-8-4-5-8/h8,12H,4-7H2,1-3H3. The van der Waals surface area contributed by atoms with E-state index in [9.17, 15) is 0 Å². The molecule has 0 bridgehead atoms. The van der Waals surface area contributed by atoms with Gasteiger partial charge in [0, 0.05) is 26.1 Å². The predicted molar refractivity (Wildman–Crippen MR) is 59.1 cm³/mol. The van der Waals surface area contributed by atoms with E-state index in [1.165, 1.54) is 12.8 Å². The van der Waals surface area contributed by atoms with E-state index in [1.54, 1.807) is 7.11 Å². The second kappa shape index (κ2) is 4.51. The molecule has 0 radical (unpaired) electrons. The van der Waals surface area contributed by atoms with E-state index in [2.05, 4.69) is 15.5 Å². The molecule has 1 fully saturated rings. The Morgan fingerprint density at radius 2 is 2.25 bits per heavy atom. The van der Waals surface area contributed by atoms with Crippen LogP contribution in [0.25, 0.3) is 0 Å². The zero-order chi connectivity index (χ0) is 11.6. The largest absolute Gasteiger partial charge is 0.371 e. The van der Waals surface area contributed by atoms with Crippen molar-refractivity contribution in [3.05, 3.63) is 11.7 Å². The minimum absolute atomic E-state index is 0.480. The van der Waals surface area contributed by atoms with Crippen molar-refractivity contribution in [1.82, 2.24) is 15.5 Å². The maximum absolute atomic E-state index is 5.29. The molecule has 0 amide bonds. The molecular weight excluding hydrogens is 206 g/mol. The Kier molecular flexibility index (Phi) is 3.25. The summed E-state index contributed by atoms with van der Waals surface area (Å²) in [7, 11) is 1.64. The van der Waals surface area contributed by atoms with Gasteiger partial charge in [0.2, 0.25) is 11.7 Å². The van der Waals surface area contributed by atoms with Crippen molar-refractivity contribution < 1.29 is 9.26 Å². The van der Waals surface area contributed by atoms with Crippen LogP contribution >= 0.6 is 0 Å². The average Bonchev–Trinajstić information content (AvgIpc) is 2.94. The molecule has 1 N–H and O–H groups in total. The molecule has 1 aromatic heterocycles. The fourth-order valence-corrected chi connectivity index (χ4v) is 1.36. The summed E-state index contributed by atoms with van der Waals surface area (Å²) in [6.45, 7) is 4.74. The summed E-state index contributed by atoms with van der Waals surface area (Å²) >= 11 is 0.